The molecule has 0 spiro atoms. The average Bonchev–Trinajstić information content (AvgIpc) is 3.14. The number of carbonyl (C=O) groups is 1. The van der Waals surface area contributed by atoms with Crippen molar-refractivity contribution in [3.63, 3.8) is 0 Å². The number of hydrogen-bond acceptors (Lipinski definition) is 4. The van der Waals surface area contributed by atoms with Crippen LogP contribution in [0.1, 0.15) is 24.0 Å². The lowest BCUT2D eigenvalue weighted by Gasteiger charge is -2.16. The number of carbonyl (C=O) groups excluding carboxylic acids is 1. The molecule has 0 radical (unpaired) electrons. The summed E-state index contributed by atoms with van der Waals surface area (Å²) in [6, 6.07) is 8.42. The van der Waals surface area contributed by atoms with E-state index in [4.69, 9.17) is 0 Å². The molecular formula is C19H23N3O4S. The summed E-state index contributed by atoms with van der Waals surface area (Å²) in [5.41, 5.74) is 1.99. The zero-order valence-electron chi connectivity index (χ0n) is 15.4. The quantitative estimate of drug-likeness (QED) is 0.846. The molecule has 1 aromatic heterocycles. The SMILES string of the molecule is Cc1ccc(NC(=O)Cn2cccc(S(=O)(=O)N3CCCC3)c2=O)c(C)c1. The van der Waals surface area contributed by atoms with Gasteiger partial charge < -0.3 is 9.88 Å². The standard InChI is InChI=1S/C19H23N3O4S/c1-14-7-8-16(15(2)12-14)20-18(23)13-21-9-5-6-17(19(21)24)27(25,26)22-10-3-4-11-22/h5-9,12H,3-4,10-11,13H2,1-2H3,(H,20,23). The number of nitrogens with zero attached hydrogens (tertiary/aromatic N) is 2. The van der Waals surface area contributed by atoms with Crippen LogP contribution in [0.15, 0.2) is 46.2 Å². The summed E-state index contributed by atoms with van der Waals surface area (Å²) in [5.74, 6) is -0.389. The van der Waals surface area contributed by atoms with Crippen LogP contribution in [0, 0.1) is 13.8 Å². The molecule has 7 nitrogen and oxygen atoms in total. The van der Waals surface area contributed by atoms with Crippen LogP contribution in [0.4, 0.5) is 5.69 Å². The highest BCUT2D eigenvalue weighted by molar-refractivity contribution is 7.89. The Kier molecular flexibility index (Phi) is 5.48. The number of amides is 1. The Bertz CT molecular complexity index is 1020. The van der Waals surface area contributed by atoms with E-state index in [1.54, 1.807) is 6.07 Å². The summed E-state index contributed by atoms with van der Waals surface area (Å²) in [6.07, 6.45) is 3.00. The van der Waals surface area contributed by atoms with E-state index in [-0.39, 0.29) is 17.3 Å². The Balaban J connectivity index is 1.81. The Morgan fingerprint density at radius 1 is 1.15 bits per heavy atom. The molecule has 1 saturated heterocycles. The third-order valence-corrected chi connectivity index (χ3v) is 6.55. The van der Waals surface area contributed by atoms with Gasteiger partial charge in [-0.15, -0.1) is 0 Å². The van der Waals surface area contributed by atoms with Crippen LogP contribution < -0.4 is 10.9 Å². The second-order valence-electron chi connectivity index (χ2n) is 6.78. The number of pyridine rings is 1. The van der Waals surface area contributed by atoms with Crippen molar-refractivity contribution in [1.29, 1.82) is 0 Å². The van der Waals surface area contributed by atoms with Crippen LogP contribution in [0.5, 0.6) is 0 Å². The molecule has 0 bridgehead atoms. The van der Waals surface area contributed by atoms with Gasteiger partial charge in [-0.2, -0.15) is 4.31 Å². The van der Waals surface area contributed by atoms with Gasteiger partial charge in [0.25, 0.3) is 5.56 Å². The van der Waals surface area contributed by atoms with Gasteiger partial charge in [-0.25, -0.2) is 8.42 Å². The van der Waals surface area contributed by atoms with E-state index in [1.807, 2.05) is 26.0 Å². The Morgan fingerprint density at radius 3 is 2.52 bits per heavy atom. The highest BCUT2D eigenvalue weighted by Crippen LogP contribution is 2.18. The van der Waals surface area contributed by atoms with E-state index in [9.17, 15) is 18.0 Å². The minimum absolute atomic E-state index is 0.254. The van der Waals surface area contributed by atoms with Crippen LogP contribution in [0.3, 0.4) is 0 Å². The Labute approximate surface area is 158 Å². The average molecular weight is 389 g/mol. The smallest absolute Gasteiger partial charge is 0.271 e. The van der Waals surface area contributed by atoms with Crippen molar-refractivity contribution in [1.82, 2.24) is 8.87 Å². The number of aryl methyl sites for hydroxylation is 2. The van der Waals surface area contributed by atoms with Gasteiger partial charge in [-0.1, -0.05) is 17.7 Å². The van der Waals surface area contributed by atoms with E-state index < -0.39 is 15.6 Å². The van der Waals surface area contributed by atoms with Gasteiger partial charge in [-0.3, -0.25) is 9.59 Å². The number of anilines is 1. The van der Waals surface area contributed by atoms with Crippen LogP contribution in [0.25, 0.3) is 0 Å². The number of rotatable bonds is 5. The molecular weight excluding hydrogens is 366 g/mol. The summed E-state index contributed by atoms with van der Waals surface area (Å²) < 4.78 is 27.8. The number of sulfonamides is 1. The summed E-state index contributed by atoms with van der Waals surface area (Å²) in [4.78, 5) is 24.7. The van der Waals surface area contributed by atoms with Gasteiger partial charge in [0.15, 0.2) is 0 Å². The van der Waals surface area contributed by atoms with Crippen molar-refractivity contribution < 1.29 is 13.2 Å². The topological polar surface area (TPSA) is 88.5 Å². The molecule has 2 aromatic rings. The van der Waals surface area contributed by atoms with E-state index in [2.05, 4.69) is 5.32 Å². The molecule has 1 aromatic carbocycles. The fourth-order valence-electron chi connectivity index (χ4n) is 3.20. The lowest BCUT2D eigenvalue weighted by Crippen LogP contribution is -2.36. The molecule has 1 amide bonds. The molecule has 0 saturated carbocycles. The molecule has 0 unspecified atom stereocenters. The van der Waals surface area contributed by atoms with Crippen molar-refractivity contribution in [3.05, 3.63) is 58.0 Å². The first-order chi connectivity index (χ1) is 12.8. The van der Waals surface area contributed by atoms with E-state index >= 15 is 0 Å². The highest BCUT2D eigenvalue weighted by atomic mass is 32.2. The van der Waals surface area contributed by atoms with Gasteiger partial charge in [-0.05, 0) is 50.5 Å². The maximum absolute atomic E-state index is 12.7. The first-order valence-electron chi connectivity index (χ1n) is 8.86. The number of nitrogens with one attached hydrogen (secondary N) is 1. The van der Waals surface area contributed by atoms with Crippen molar-refractivity contribution >= 4 is 21.6 Å². The fourth-order valence-corrected chi connectivity index (χ4v) is 4.81. The summed E-state index contributed by atoms with van der Waals surface area (Å²) >= 11 is 0. The minimum Gasteiger partial charge on any atom is -0.324 e. The zero-order valence-corrected chi connectivity index (χ0v) is 16.3. The maximum atomic E-state index is 12.7. The normalized spacial score (nSPS) is 15.0. The van der Waals surface area contributed by atoms with Crippen molar-refractivity contribution in [2.24, 2.45) is 0 Å². The largest absolute Gasteiger partial charge is 0.324 e. The lowest BCUT2D eigenvalue weighted by atomic mass is 10.1. The summed E-state index contributed by atoms with van der Waals surface area (Å²) in [7, 11) is -3.83. The van der Waals surface area contributed by atoms with Gasteiger partial charge in [0.1, 0.15) is 11.4 Å². The molecule has 27 heavy (non-hydrogen) atoms. The molecule has 1 aliphatic rings. The van der Waals surface area contributed by atoms with Crippen molar-refractivity contribution in [3.8, 4) is 0 Å². The van der Waals surface area contributed by atoms with Crippen LogP contribution in [0.2, 0.25) is 0 Å². The predicted octanol–water partition coefficient (Wildman–Crippen LogP) is 1.89. The Hall–Kier alpha value is -2.45. The third-order valence-electron chi connectivity index (χ3n) is 4.64. The number of aromatic nitrogens is 1. The van der Waals surface area contributed by atoms with Gasteiger partial charge in [0.05, 0.1) is 0 Å². The van der Waals surface area contributed by atoms with Crippen LogP contribution >= 0.6 is 0 Å². The number of hydrogen-bond donors (Lipinski definition) is 1. The van der Waals surface area contributed by atoms with E-state index in [0.29, 0.717) is 18.8 Å². The second kappa shape index (κ2) is 7.66. The summed E-state index contributed by atoms with van der Waals surface area (Å²) in [6.45, 7) is 4.44. The third kappa shape index (κ3) is 4.12. The first-order valence-corrected chi connectivity index (χ1v) is 10.3. The summed E-state index contributed by atoms with van der Waals surface area (Å²) in [5, 5.41) is 2.77. The van der Waals surface area contributed by atoms with E-state index in [1.165, 1.54) is 22.6 Å². The fraction of sp³-hybridized carbons (Fsp3) is 0.368. The molecule has 1 N–H and O–H groups in total. The second-order valence-corrected chi connectivity index (χ2v) is 8.69. The lowest BCUT2D eigenvalue weighted by molar-refractivity contribution is -0.116. The predicted molar refractivity (Wildman–Crippen MR) is 103 cm³/mol. The molecule has 8 heteroatoms. The molecule has 3 rings (SSSR count). The van der Waals surface area contributed by atoms with Crippen LogP contribution in [-0.2, 0) is 21.4 Å². The van der Waals surface area contributed by atoms with Crippen molar-refractivity contribution in [2.45, 2.75) is 38.1 Å². The van der Waals surface area contributed by atoms with Crippen molar-refractivity contribution in [2.75, 3.05) is 18.4 Å². The molecule has 2 heterocycles. The van der Waals surface area contributed by atoms with E-state index in [0.717, 1.165) is 28.5 Å². The molecule has 1 aliphatic heterocycles. The Morgan fingerprint density at radius 2 is 1.85 bits per heavy atom. The zero-order chi connectivity index (χ0) is 19.6. The molecule has 1 fully saturated rings. The van der Waals surface area contributed by atoms with Gasteiger partial charge in [0.2, 0.25) is 15.9 Å². The van der Waals surface area contributed by atoms with Gasteiger partial charge in [0, 0.05) is 25.0 Å². The highest BCUT2D eigenvalue weighted by Gasteiger charge is 2.30. The molecule has 144 valence electrons. The van der Waals surface area contributed by atoms with Gasteiger partial charge >= 0.3 is 0 Å². The molecule has 0 aliphatic carbocycles. The van der Waals surface area contributed by atoms with Crippen LogP contribution in [-0.4, -0.2) is 36.3 Å². The number of benzene rings is 1. The first kappa shape index (κ1) is 19.3. The minimum atomic E-state index is -3.83. The molecule has 0 atom stereocenters. The monoisotopic (exact) mass is 389 g/mol. The maximum Gasteiger partial charge on any atom is 0.271 e.